The number of pyridine rings is 1. The van der Waals surface area contributed by atoms with Gasteiger partial charge in [0.2, 0.25) is 10.4 Å². The Morgan fingerprint density at radius 1 is 1.09 bits per heavy atom. The number of carboxylic acid groups (broad SMARTS) is 1. The fourth-order valence-corrected chi connectivity index (χ4v) is 4.00. The first kappa shape index (κ1) is 31.3. The van der Waals surface area contributed by atoms with E-state index >= 15 is 0 Å². The zero-order valence-electron chi connectivity index (χ0n) is 18.4. The molecule has 1 aromatic carbocycles. The number of sulfone groups is 1. The van der Waals surface area contributed by atoms with Gasteiger partial charge < -0.3 is 19.8 Å². The molecule has 0 unspecified atom stereocenters. The predicted molar refractivity (Wildman–Crippen MR) is 106 cm³/mol. The predicted octanol–water partition coefficient (Wildman–Crippen LogP) is -8.19. The van der Waals surface area contributed by atoms with Crippen LogP contribution in [0.4, 0.5) is 11.6 Å². The molecule has 3 rings (SSSR count). The van der Waals surface area contributed by atoms with Crippen molar-refractivity contribution < 1.29 is 99.2 Å². The molecule has 0 aliphatic carbocycles. The van der Waals surface area contributed by atoms with Crippen LogP contribution < -0.4 is 79.8 Å². The number of nitrogens with zero attached hydrogens (tertiary/aromatic N) is 3. The first-order valence-corrected chi connectivity index (χ1v) is 11.8. The van der Waals surface area contributed by atoms with E-state index in [1.807, 2.05) is 0 Å². The van der Waals surface area contributed by atoms with Gasteiger partial charge in [0.25, 0.3) is 5.95 Å². The Bertz CT molecular complexity index is 1460. The van der Waals surface area contributed by atoms with E-state index in [2.05, 4.69) is 24.5 Å². The molecule has 14 nitrogen and oxygen atoms in total. The Morgan fingerprint density at radius 3 is 2.34 bits per heavy atom. The molecular formula is C17H14N5Na2O9S2+. The molecule has 35 heavy (non-hydrogen) atoms. The van der Waals surface area contributed by atoms with Crippen LogP contribution in [-0.4, -0.2) is 54.7 Å². The quantitative estimate of drug-likeness (QED) is 0.112. The van der Waals surface area contributed by atoms with E-state index in [0.29, 0.717) is 5.69 Å². The van der Waals surface area contributed by atoms with Gasteiger partial charge in [-0.1, -0.05) is 0 Å². The fourth-order valence-electron chi connectivity index (χ4n) is 2.51. The maximum atomic E-state index is 12.2. The summed E-state index contributed by atoms with van der Waals surface area (Å²) in [6.45, 7) is -0.823. The van der Waals surface area contributed by atoms with Crippen LogP contribution in [0, 0.1) is 0 Å². The Morgan fingerprint density at radius 2 is 1.74 bits per heavy atom. The number of carbonyl (C=O) groups excluding carboxylic acids is 1. The van der Waals surface area contributed by atoms with Crippen molar-refractivity contribution in [3.63, 3.8) is 0 Å². The maximum absolute atomic E-state index is 12.2. The molecule has 174 valence electrons. The van der Waals surface area contributed by atoms with Gasteiger partial charge in [-0.2, -0.15) is 0 Å². The topological polar surface area (TPSA) is 215 Å². The smallest absolute Gasteiger partial charge is 0.726 e. The van der Waals surface area contributed by atoms with Crippen LogP contribution >= 0.6 is 0 Å². The molecule has 0 fully saturated rings. The number of carbonyl (C=O) groups is 1. The van der Waals surface area contributed by atoms with E-state index < -0.39 is 44.3 Å². The van der Waals surface area contributed by atoms with E-state index in [4.69, 9.17) is 0 Å². The summed E-state index contributed by atoms with van der Waals surface area (Å²) < 4.78 is 60.7. The number of hydrogen-bond donors (Lipinski definition) is 2. The van der Waals surface area contributed by atoms with Gasteiger partial charge in [0, 0.05) is 11.3 Å². The Hall–Kier alpha value is -1.73. The first-order valence-electron chi connectivity index (χ1n) is 8.84. The van der Waals surface area contributed by atoms with Gasteiger partial charge in [-0.05, 0) is 46.4 Å². The Kier molecular flexibility index (Phi) is 11.6. The molecule has 0 atom stereocenters. The number of aromatic nitrogens is 4. The van der Waals surface area contributed by atoms with Crippen molar-refractivity contribution in [1.29, 1.82) is 0 Å². The average molecular weight is 542 g/mol. The van der Waals surface area contributed by atoms with Gasteiger partial charge >= 0.3 is 70.8 Å². The number of hydrogen-bond acceptors (Lipinski definition) is 12. The molecule has 0 spiro atoms. The van der Waals surface area contributed by atoms with Gasteiger partial charge in [-0.3, -0.25) is 4.18 Å². The summed E-state index contributed by atoms with van der Waals surface area (Å²) in [6, 6.07) is 7.81. The Balaban J connectivity index is 0.00000306. The zero-order valence-corrected chi connectivity index (χ0v) is 24.0. The van der Waals surface area contributed by atoms with Gasteiger partial charge in [0.1, 0.15) is 0 Å². The minimum Gasteiger partial charge on any atom is -0.726 e. The van der Waals surface area contributed by atoms with Crippen LogP contribution in [0.5, 0.6) is 0 Å². The van der Waals surface area contributed by atoms with E-state index in [0.717, 1.165) is 6.20 Å². The minimum absolute atomic E-state index is 0. The summed E-state index contributed by atoms with van der Waals surface area (Å²) in [4.78, 5) is 32.9. The minimum atomic E-state index is -5.00. The van der Waals surface area contributed by atoms with Crippen molar-refractivity contribution >= 4 is 37.8 Å². The standard InChI is InChI=1S/C17H15N5O9S2.2Na/c23-14(24)11-2-1-7-22(10-11)16-19-15(20-17(25)21-16)18-12-3-5-13(6-4-12)32(26,27)9-8-31-33(28,29)30;;/h1-7,10H,8-9H2,(H3-,18,19,20,21,23,24,25,28,29,30);;/q;2*+1/p-1. The fraction of sp³-hybridized carbons (Fsp3) is 0.118. The average Bonchev–Trinajstić information content (AvgIpc) is 2.72. The summed E-state index contributed by atoms with van der Waals surface area (Å²) in [6.07, 6.45) is 2.59. The molecule has 0 amide bonds. The van der Waals surface area contributed by atoms with Gasteiger partial charge in [0.15, 0.2) is 9.84 Å². The van der Waals surface area contributed by atoms with Gasteiger partial charge in [-0.15, -0.1) is 0 Å². The molecule has 0 saturated carbocycles. The molecule has 0 saturated heterocycles. The van der Waals surface area contributed by atoms with Crippen molar-refractivity contribution in [3.05, 3.63) is 64.8 Å². The Labute approximate surface area is 243 Å². The van der Waals surface area contributed by atoms with Crippen molar-refractivity contribution in [2.24, 2.45) is 0 Å². The van der Waals surface area contributed by atoms with Crippen molar-refractivity contribution in [3.8, 4) is 5.95 Å². The number of H-pyrrole nitrogens is 1. The van der Waals surface area contributed by atoms with E-state index in [-0.39, 0.29) is 81.5 Å². The number of benzene rings is 1. The van der Waals surface area contributed by atoms with Gasteiger partial charge in [0.05, 0.1) is 35.6 Å². The maximum Gasteiger partial charge on any atom is 1.00 e. The van der Waals surface area contributed by atoms with E-state index in [1.165, 1.54) is 47.2 Å². The van der Waals surface area contributed by atoms with Crippen LogP contribution in [0.1, 0.15) is 10.4 Å². The van der Waals surface area contributed by atoms with E-state index in [9.17, 15) is 36.1 Å². The molecular weight excluding hydrogens is 528 g/mol. The number of aromatic carboxylic acids is 1. The second kappa shape index (κ2) is 13.0. The molecule has 0 radical (unpaired) electrons. The van der Waals surface area contributed by atoms with Crippen molar-refractivity contribution in [2.45, 2.75) is 4.90 Å². The number of aromatic amines is 1. The number of anilines is 2. The number of carboxylic acids is 1. The number of rotatable bonds is 9. The van der Waals surface area contributed by atoms with Crippen LogP contribution in [0.3, 0.4) is 0 Å². The third-order valence-corrected chi connectivity index (χ3v) is 6.11. The first-order chi connectivity index (χ1) is 15.4. The second-order valence-electron chi connectivity index (χ2n) is 6.29. The normalized spacial score (nSPS) is 11.1. The molecule has 2 heterocycles. The molecule has 0 aliphatic rings. The molecule has 18 heteroatoms. The van der Waals surface area contributed by atoms with Crippen LogP contribution in [0.2, 0.25) is 0 Å². The monoisotopic (exact) mass is 542 g/mol. The molecule has 0 aliphatic heterocycles. The SMILES string of the molecule is O=C([O-])c1ccc[n+](-c2nc(Nc3ccc(S(=O)(=O)CCOS(=O)(=O)[O-])cc3)[nH]c(=O)n2)c1.[Na+].[Na+]. The molecule has 2 aromatic heterocycles. The van der Waals surface area contributed by atoms with Crippen LogP contribution in [0.15, 0.2) is 58.5 Å². The third-order valence-electron chi connectivity index (χ3n) is 3.96. The largest absolute Gasteiger partial charge is 1.00 e. The van der Waals surface area contributed by atoms with Crippen molar-refractivity contribution in [2.75, 3.05) is 17.7 Å². The molecule has 2 N–H and O–H groups in total. The summed E-state index contributed by atoms with van der Waals surface area (Å²) >= 11 is 0. The second-order valence-corrected chi connectivity index (χ2v) is 9.45. The third kappa shape index (κ3) is 9.34. The summed E-state index contributed by atoms with van der Waals surface area (Å²) in [5.41, 5.74) is -0.631. The molecule has 0 bridgehead atoms. The zero-order chi connectivity index (χ0) is 24.2. The van der Waals surface area contributed by atoms with E-state index in [1.54, 1.807) is 0 Å². The van der Waals surface area contributed by atoms with Gasteiger partial charge in [-0.25, -0.2) is 31.2 Å². The van der Waals surface area contributed by atoms with Crippen LogP contribution in [-0.2, 0) is 24.4 Å². The molecule has 3 aromatic rings. The summed E-state index contributed by atoms with van der Waals surface area (Å²) in [7, 11) is -8.93. The summed E-state index contributed by atoms with van der Waals surface area (Å²) in [5.74, 6) is -2.37. The number of nitrogens with one attached hydrogen (secondary N) is 2. The van der Waals surface area contributed by atoms with Crippen LogP contribution in [0.25, 0.3) is 5.95 Å². The van der Waals surface area contributed by atoms with Crippen molar-refractivity contribution in [1.82, 2.24) is 15.0 Å². The summed E-state index contributed by atoms with van der Waals surface area (Å²) in [5, 5.41) is 13.8.